The quantitative estimate of drug-likeness (QED) is 0.825. The first-order chi connectivity index (χ1) is 7.34. The predicted molar refractivity (Wildman–Crippen MR) is 65.7 cm³/mol. The second-order valence-corrected chi connectivity index (χ2v) is 6.08. The average Bonchev–Trinajstić information content (AvgIpc) is 2.28. The van der Waals surface area contributed by atoms with Crippen molar-refractivity contribution in [3.63, 3.8) is 0 Å². The predicted octanol–water partition coefficient (Wildman–Crippen LogP) is 2.68. The second kappa shape index (κ2) is 5.80. The Hall–Kier alpha value is -0.160. The lowest BCUT2D eigenvalue weighted by atomic mass is 10.2. The molecule has 0 amide bonds. The molecule has 0 radical (unpaired) electrons. The Bertz CT molecular complexity index is 292. The van der Waals surface area contributed by atoms with E-state index in [1.807, 2.05) is 18.2 Å². The van der Waals surface area contributed by atoms with E-state index >= 15 is 0 Å². The van der Waals surface area contributed by atoms with Gasteiger partial charge in [0, 0.05) is 12.2 Å². The molecule has 0 spiro atoms. The highest BCUT2D eigenvalue weighted by Crippen LogP contribution is 2.35. The van der Waals surface area contributed by atoms with Crippen LogP contribution >= 0.6 is 21.6 Å². The molecule has 1 unspecified atom stereocenters. The first-order valence-corrected chi connectivity index (χ1v) is 7.34. The molecule has 0 aliphatic carbocycles. The molecule has 1 aromatic rings. The zero-order valence-electron chi connectivity index (χ0n) is 8.33. The maximum absolute atomic E-state index is 9.44. The van der Waals surface area contributed by atoms with Crippen molar-refractivity contribution in [3.8, 4) is 0 Å². The van der Waals surface area contributed by atoms with Gasteiger partial charge in [-0.2, -0.15) is 0 Å². The second-order valence-electron chi connectivity index (χ2n) is 3.49. The highest BCUT2D eigenvalue weighted by Gasteiger charge is 2.21. The van der Waals surface area contributed by atoms with Crippen molar-refractivity contribution >= 4 is 21.6 Å². The molecule has 1 aromatic carbocycles. The van der Waals surface area contributed by atoms with Gasteiger partial charge in [-0.05, 0) is 5.56 Å². The van der Waals surface area contributed by atoms with E-state index < -0.39 is 0 Å². The normalized spacial score (nSPS) is 26.5. The Morgan fingerprint density at radius 1 is 1.33 bits per heavy atom. The largest absolute Gasteiger partial charge is 0.381 e. The fraction of sp³-hybridized carbons (Fsp3) is 0.455. The van der Waals surface area contributed by atoms with Crippen LogP contribution in [0.25, 0.3) is 0 Å². The topological polar surface area (TPSA) is 29.5 Å². The Balaban J connectivity index is 1.78. The van der Waals surface area contributed by atoms with Crippen LogP contribution in [-0.4, -0.2) is 22.4 Å². The smallest absolute Gasteiger partial charge is 0.112 e. The van der Waals surface area contributed by atoms with Gasteiger partial charge in [0.05, 0.1) is 12.7 Å². The maximum Gasteiger partial charge on any atom is 0.112 e. The third kappa shape index (κ3) is 3.72. The number of rotatable bonds is 3. The van der Waals surface area contributed by atoms with Crippen LogP contribution in [0, 0.1) is 0 Å². The Labute approximate surface area is 97.8 Å². The number of benzene rings is 1. The molecule has 0 aromatic heterocycles. The zero-order valence-corrected chi connectivity index (χ0v) is 9.97. The molecule has 0 bridgehead atoms. The van der Waals surface area contributed by atoms with Gasteiger partial charge in [-0.1, -0.05) is 51.9 Å². The summed E-state index contributed by atoms with van der Waals surface area (Å²) in [6, 6.07) is 10.1. The van der Waals surface area contributed by atoms with E-state index in [1.165, 1.54) is 16.4 Å². The van der Waals surface area contributed by atoms with Crippen molar-refractivity contribution in [2.75, 3.05) is 5.75 Å². The van der Waals surface area contributed by atoms with Crippen molar-refractivity contribution in [2.24, 2.45) is 0 Å². The number of hydrogen-bond acceptors (Lipinski definition) is 4. The van der Waals surface area contributed by atoms with E-state index in [0.717, 1.165) is 12.2 Å². The van der Waals surface area contributed by atoms with Gasteiger partial charge in [-0.15, -0.1) is 0 Å². The minimum absolute atomic E-state index is 0.187. The molecule has 1 aliphatic heterocycles. The van der Waals surface area contributed by atoms with E-state index in [9.17, 15) is 5.11 Å². The molecule has 82 valence electrons. The van der Waals surface area contributed by atoms with Crippen molar-refractivity contribution in [1.82, 2.24) is 0 Å². The molecule has 1 heterocycles. The van der Waals surface area contributed by atoms with Gasteiger partial charge in [0.25, 0.3) is 0 Å². The van der Waals surface area contributed by atoms with Gasteiger partial charge in [0.15, 0.2) is 0 Å². The molecule has 1 saturated heterocycles. The van der Waals surface area contributed by atoms with Crippen LogP contribution in [0.3, 0.4) is 0 Å². The van der Waals surface area contributed by atoms with E-state index in [4.69, 9.17) is 4.74 Å². The van der Waals surface area contributed by atoms with Crippen LogP contribution in [0.15, 0.2) is 30.3 Å². The highest BCUT2D eigenvalue weighted by atomic mass is 33.1. The Kier molecular flexibility index (Phi) is 4.38. The summed E-state index contributed by atoms with van der Waals surface area (Å²) in [5.74, 6) is 0.967. The van der Waals surface area contributed by atoms with Crippen LogP contribution in [0.5, 0.6) is 0 Å². The van der Waals surface area contributed by atoms with Gasteiger partial charge in [0.1, 0.15) is 5.44 Å². The lowest BCUT2D eigenvalue weighted by Crippen LogP contribution is -2.24. The first-order valence-electron chi connectivity index (χ1n) is 4.96. The average molecular weight is 242 g/mol. The van der Waals surface area contributed by atoms with E-state index in [-0.39, 0.29) is 11.5 Å². The lowest BCUT2D eigenvalue weighted by molar-refractivity contribution is 0.0336. The molecule has 2 atom stereocenters. The standard InChI is InChI=1S/C11H14O2S2/c12-11-6-10(8-14-15-11)13-7-9-4-2-1-3-5-9/h1-5,10-12H,6-8H2/t10-,11?/m0/s1. The van der Waals surface area contributed by atoms with Crippen LogP contribution < -0.4 is 0 Å². The molecule has 15 heavy (non-hydrogen) atoms. The summed E-state index contributed by atoms with van der Waals surface area (Å²) in [6.45, 7) is 0.642. The van der Waals surface area contributed by atoms with E-state index in [1.54, 1.807) is 10.8 Å². The molecular weight excluding hydrogens is 228 g/mol. The molecule has 2 nitrogen and oxygen atoms in total. The van der Waals surface area contributed by atoms with Crippen molar-refractivity contribution in [3.05, 3.63) is 35.9 Å². The summed E-state index contributed by atoms with van der Waals surface area (Å²) < 4.78 is 5.75. The third-order valence-electron chi connectivity index (χ3n) is 2.23. The molecule has 2 rings (SSSR count). The Morgan fingerprint density at radius 3 is 2.87 bits per heavy atom. The molecule has 0 saturated carbocycles. The van der Waals surface area contributed by atoms with Crippen molar-refractivity contribution < 1.29 is 9.84 Å². The third-order valence-corrected chi connectivity index (χ3v) is 4.77. The highest BCUT2D eigenvalue weighted by molar-refractivity contribution is 8.77. The molecular formula is C11H14O2S2. The van der Waals surface area contributed by atoms with Crippen LogP contribution in [0.4, 0.5) is 0 Å². The lowest BCUT2D eigenvalue weighted by Gasteiger charge is -2.24. The first kappa shape index (κ1) is 11.3. The minimum atomic E-state index is -0.274. The minimum Gasteiger partial charge on any atom is -0.381 e. The van der Waals surface area contributed by atoms with Gasteiger partial charge in [0.2, 0.25) is 0 Å². The monoisotopic (exact) mass is 242 g/mol. The number of ether oxygens (including phenoxy) is 1. The summed E-state index contributed by atoms with van der Waals surface area (Å²) in [5, 5.41) is 9.44. The molecule has 4 heteroatoms. The van der Waals surface area contributed by atoms with Crippen LogP contribution in [-0.2, 0) is 11.3 Å². The van der Waals surface area contributed by atoms with E-state index in [0.29, 0.717) is 6.61 Å². The fourth-order valence-corrected chi connectivity index (χ4v) is 3.74. The molecule has 1 fully saturated rings. The van der Waals surface area contributed by atoms with Gasteiger partial charge in [-0.25, -0.2) is 0 Å². The van der Waals surface area contributed by atoms with Crippen LogP contribution in [0.2, 0.25) is 0 Å². The number of aliphatic hydroxyl groups is 1. The van der Waals surface area contributed by atoms with Gasteiger partial charge in [-0.3, -0.25) is 0 Å². The number of aliphatic hydroxyl groups excluding tert-OH is 1. The SMILES string of the molecule is OC1C[C@H](OCc2ccccc2)CSS1. The summed E-state index contributed by atoms with van der Waals surface area (Å²) in [7, 11) is 3.22. The van der Waals surface area contributed by atoms with Gasteiger partial charge >= 0.3 is 0 Å². The number of hydrogen-bond donors (Lipinski definition) is 1. The molecule has 1 N–H and O–H groups in total. The Morgan fingerprint density at radius 2 is 2.13 bits per heavy atom. The van der Waals surface area contributed by atoms with Crippen molar-refractivity contribution in [1.29, 1.82) is 0 Å². The van der Waals surface area contributed by atoms with Gasteiger partial charge < -0.3 is 9.84 Å². The molecule has 1 aliphatic rings. The summed E-state index contributed by atoms with van der Waals surface area (Å²) in [4.78, 5) is 0. The van der Waals surface area contributed by atoms with Crippen LogP contribution in [0.1, 0.15) is 12.0 Å². The van der Waals surface area contributed by atoms with E-state index in [2.05, 4.69) is 12.1 Å². The summed E-state index contributed by atoms with van der Waals surface area (Å²) >= 11 is 0. The maximum atomic E-state index is 9.44. The summed E-state index contributed by atoms with van der Waals surface area (Å²) in [5.41, 5.74) is 0.916. The fourth-order valence-electron chi connectivity index (χ4n) is 1.43. The zero-order chi connectivity index (χ0) is 10.5. The summed E-state index contributed by atoms with van der Waals surface area (Å²) in [6.07, 6.45) is 0.927. The van der Waals surface area contributed by atoms with Crippen molar-refractivity contribution in [2.45, 2.75) is 24.6 Å².